The number of hydrogen-bond donors (Lipinski definition) is 1. The minimum Gasteiger partial charge on any atom is -0.568 e. The van der Waals surface area contributed by atoms with Gasteiger partial charge < -0.3 is 10.4 Å². The van der Waals surface area contributed by atoms with Crippen molar-refractivity contribution in [2.75, 3.05) is 0 Å². The second kappa shape index (κ2) is 3.05. The van der Waals surface area contributed by atoms with Crippen LogP contribution >= 0.6 is 0 Å². The van der Waals surface area contributed by atoms with Gasteiger partial charge in [0, 0.05) is 5.01 Å². The van der Waals surface area contributed by atoms with E-state index in [0.717, 1.165) is 0 Å². The van der Waals surface area contributed by atoms with Gasteiger partial charge in [0.1, 0.15) is 0 Å². The lowest BCUT2D eigenvalue weighted by Gasteiger charge is -2.04. The molecule has 15 heavy (non-hydrogen) atoms. The van der Waals surface area contributed by atoms with E-state index in [1.54, 1.807) is 12.1 Å². The highest BCUT2D eigenvalue weighted by atomic mass is 16.6. The third-order valence-electron chi connectivity index (χ3n) is 2.02. The first-order valence-corrected chi connectivity index (χ1v) is 3.97. The van der Waals surface area contributed by atoms with Crippen LogP contribution in [0.5, 0.6) is 0 Å². The zero-order valence-corrected chi connectivity index (χ0v) is 7.32. The van der Waals surface area contributed by atoms with E-state index in [1.165, 1.54) is 12.1 Å². The van der Waals surface area contributed by atoms with Crippen molar-refractivity contribution < 1.29 is 19.8 Å². The molecule has 76 valence electrons. The summed E-state index contributed by atoms with van der Waals surface area (Å²) in [5.74, 6) is -1.60. The van der Waals surface area contributed by atoms with E-state index in [0.29, 0.717) is 0 Å². The average molecular weight is 207 g/mol. The molecule has 1 heterocycles. The lowest BCUT2D eigenvalue weighted by atomic mass is 10.1. The van der Waals surface area contributed by atoms with Crippen LogP contribution in [0.4, 0.5) is 0 Å². The van der Waals surface area contributed by atoms with Crippen molar-refractivity contribution in [3.8, 4) is 0 Å². The Hall–Kier alpha value is -2.44. The maximum absolute atomic E-state index is 11.5. The molecule has 1 aliphatic rings. The summed E-state index contributed by atoms with van der Waals surface area (Å²) in [5.41, 5.74) is 0.235. The Morgan fingerprint density at radius 1 is 1.20 bits per heavy atom. The van der Waals surface area contributed by atoms with Crippen LogP contribution in [0, 0.1) is 5.21 Å². The van der Waals surface area contributed by atoms with Gasteiger partial charge in [0.2, 0.25) is 5.28 Å². The van der Waals surface area contributed by atoms with E-state index in [2.05, 4.69) is 5.28 Å². The minimum atomic E-state index is -0.802. The lowest BCUT2D eigenvalue weighted by molar-refractivity contribution is -0.669. The number of hydrazine groups is 1. The largest absolute Gasteiger partial charge is 0.568 e. The molecular formula is C8H5N3O4. The fourth-order valence-electron chi connectivity index (χ4n) is 1.37. The number of fused-ring (bicyclic) bond motifs is 1. The van der Waals surface area contributed by atoms with Crippen LogP contribution in [0.15, 0.2) is 29.5 Å². The number of carbonyl (C=O) groups excluding carboxylic acids is 2. The van der Waals surface area contributed by atoms with Crippen LogP contribution in [-0.4, -0.2) is 27.0 Å². The normalized spacial score (nSPS) is 15.7. The smallest absolute Gasteiger partial charge is 0.322 e. The van der Waals surface area contributed by atoms with Crippen molar-refractivity contribution in [2.45, 2.75) is 0 Å². The highest BCUT2D eigenvalue weighted by Gasteiger charge is 2.42. The van der Waals surface area contributed by atoms with Crippen LogP contribution in [0.2, 0.25) is 0 Å². The number of imide groups is 1. The predicted octanol–water partition coefficient (Wildman–Crippen LogP) is 0.549. The Morgan fingerprint density at radius 2 is 1.67 bits per heavy atom. The Morgan fingerprint density at radius 3 is 2.07 bits per heavy atom. The molecule has 0 bridgehead atoms. The molecule has 0 radical (unpaired) electrons. The molecule has 0 unspecified atom stereocenters. The van der Waals surface area contributed by atoms with Gasteiger partial charge >= 0.3 is 11.8 Å². The van der Waals surface area contributed by atoms with E-state index >= 15 is 0 Å². The van der Waals surface area contributed by atoms with Crippen molar-refractivity contribution in [3.63, 3.8) is 0 Å². The van der Waals surface area contributed by atoms with Crippen molar-refractivity contribution in [3.05, 3.63) is 40.6 Å². The first-order valence-electron chi connectivity index (χ1n) is 3.97. The summed E-state index contributed by atoms with van der Waals surface area (Å²) >= 11 is 0. The molecule has 1 N–H and O–H groups in total. The first-order chi connectivity index (χ1) is 7.16. The van der Waals surface area contributed by atoms with Gasteiger partial charge in [-0.25, -0.2) is 0 Å². The SMILES string of the molecule is O=C1c2ccccc2C(=O)N1/[N+]([O-])=N/O. The Balaban J connectivity index is 2.55. The molecule has 1 aromatic rings. The lowest BCUT2D eigenvalue weighted by Crippen LogP contribution is -2.35. The first kappa shape index (κ1) is 9.13. The molecule has 0 spiro atoms. The summed E-state index contributed by atoms with van der Waals surface area (Å²) in [6, 6.07) is 5.97. The van der Waals surface area contributed by atoms with Crippen molar-refractivity contribution in [2.24, 2.45) is 5.28 Å². The summed E-state index contributed by atoms with van der Waals surface area (Å²) in [5, 5.41) is 21.5. The van der Waals surface area contributed by atoms with Crippen LogP contribution in [0.25, 0.3) is 0 Å². The summed E-state index contributed by atoms with van der Waals surface area (Å²) < 4.78 is 0. The number of carbonyl (C=O) groups is 2. The van der Waals surface area contributed by atoms with Crippen molar-refractivity contribution in [1.29, 1.82) is 0 Å². The van der Waals surface area contributed by atoms with Gasteiger partial charge in [-0.2, -0.15) is 0 Å². The van der Waals surface area contributed by atoms with Gasteiger partial charge in [0.15, 0.2) is 0 Å². The monoisotopic (exact) mass is 207 g/mol. The quantitative estimate of drug-likeness (QED) is 0.314. The molecule has 7 nitrogen and oxygen atoms in total. The molecule has 0 saturated carbocycles. The molecule has 2 amide bonds. The van der Waals surface area contributed by atoms with E-state index in [-0.39, 0.29) is 16.1 Å². The number of hydrogen-bond acceptors (Lipinski definition) is 4. The second-order valence-electron chi connectivity index (χ2n) is 2.81. The topological polar surface area (TPSA) is 96.0 Å². The predicted molar refractivity (Wildman–Crippen MR) is 44.8 cm³/mol. The van der Waals surface area contributed by atoms with E-state index in [1.807, 2.05) is 0 Å². The number of amides is 2. The molecular weight excluding hydrogens is 202 g/mol. The van der Waals surface area contributed by atoms with Crippen molar-refractivity contribution >= 4 is 11.8 Å². The molecule has 0 atom stereocenters. The van der Waals surface area contributed by atoms with Gasteiger partial charge in [-0.3, -0.25) is 9.59 Å². The average Bonchev–Trinajstić information content (AvgIpc) is 2.52. The Labute approximate surface area is 83.4 Å². The summed E-state index contributed by atoms with van der Waals surface area (Å²) in [6.45, 7) is 0. The van der Waals surface area contributed by atoms with Gasteiger partial charge in [0.25, 0.3) is 0 Å². The van der Waals surface area contributed by atoms with Gasteiger partial charge in [-0.1, -0.05) is 12.1 Å². The zero-order valence-electron chi connectivity index (χ0n) is 7.32. The number of nitrogens with zero attached hydrogens (tertiary/aromatic N) is 3. The Bertz CT molecular complexity index is 448. The maximum atomic E-state index is 11.5. The number of benzene rings is 1. The van der Waals surface area contributed by atoms with Crippen LogP contribution in [0.3, 0.4) is 0 Å². The molecule has 0 aromatic heterocycles. The third-order valence-corrected chi connectivity index (χ3v) is 2.02. The highest BCUT2D eigenvalue weighted by Crippen LogP contribution is 2.22. The summed E-state index contributed by atoms with van der Waals surface area (Å²) in [7, 11) is 0. The van der Waals surface area contributed by atoms with Crippen molar-refractivity contribution in [1.82, 2.24) is 5.01 Å². The van der Waals surface area contributed by atoms with E-state index in [9.17, 15) is 14.8 Å². The van der Waals surface area contributed by atoms with Crippen LogP contribution < -0.4 is 0 Å². The standard InChI is InChI=1S/C8H5N3O4/c12-7-5-3-1-2-4-6(5)8(13)10(7)11(15)9-14/h1-4,14H/b11-9-. The molecule has 1 aromatic carbocycles. The minimum absolute atomic E-state index is 0.118. The molecule has 0 fully saturated rings. The third kappa shape index (κ3) is 1.13. The fourth-order valence-corrected chi connectivity index (χ4v) is 1.37. The molecule has 1 aliphatic heterocycles. The number of rotatable bonds is 1. The van der Waals surface area contributed by atoms with Gasteiger partial charge in [-0.15, -0.1) is 0 Å². The Kier molecular flexibility index (Phi) is 1.86. The van der Waals surface area contributed by atoms with Gasteiger partial charge in [0.05, 0.1) is 16.1 Å². The molecule has 7 heteroatoms. The molecule has 2 rings (SSSR count). The molecule has 0 aliphatic carbocycles. The van der Waals surface area contributed by atoms with E-state index in [4.69, 9.17) is 5.21 Å². The van der Waals surface area contributed by atoms with Crippen LogP contribution in [0.1, 0.15) is 20.7 Å². The van der Waals surface area contributed by atoms with E-state index < -0.39 is 16.8 Å². The van der Waals surface area contributed by atoms with Crippen LogP contribution in [-0.2, 0) is 0 Å². The van der Waals surface area contributed by atoms with Gasteiger partial charge in [-0.05, 0) is 12.1 Å². The maximum Gasteiger partial charge on any atom is 0.322 e. The molecule has 0 saturated heterocycles. The zero-order chi connectivity index (χ0) is 11.0. The summed E-state index contributed by atoms with van der Waals surface area (Å²) in [4.78, 5) is 22.5. The highest BCUT2D eigenvalue weighted by molar-refractivity contribution is 6.20. The summed E-state index contributed by atoms with van der Waals surface area (Å²) in [6.07, 6.45) is 0. The second-order valence-corrected chi connectivity index (χ2v) is 2.81. The fraction of sp³-hybridized carbons (Fsp3) is 0.